The quantitative estimate of drug-likeness (QED) is 0.613. The fourth-order valence-corrected chi connectivity index (χ4v) is 1.67. The molecular formula is C13H19ClN4O3. The Labute approximate surface area is 128 Å². The molecule has 0 aromatic carbocycles. The number of rotatable bonds is 8. The maximum Gasteiger partial charge on any atom is 0.271 e. The van der Waals surface area contributed by atoms with Crippen LogP contribution < -0.4 is 16.0 Å². The third kappa shape index (κ3) is 5.97. The van der Waals surface area contributed by atoms with Crippen LogP contribution in [0, 0.1) is 0 Å². The predicted molar refractivity (Wildman–Crippen MR) is 80.6 cm³/mol. The van der Waals surface area contributed by atoms with Crippen LogP contribution in [0.25, 0.3) is 0 Å². The lowest BCUT2D eigenvalue weighted by atomic mass is 10.3. The molecule has 0 radical (unpaired) electrons. The second kappa shape index (κ2) is 9.15. The first-order chi connectivity index (χ1) is 10.1. The molecule has 0 unspecified atom stereocenters. The minimum Gasteiger partial charge on any atom is -0.383 e. The van der Waals surface area contributed by atoms with Crippen molar-refractivity contribution in [3.8, 4) is 0 Å². The van der Waals surface area contributed by atoms with Crippen LogP contribution in [-0.2, 0) is 9.53 Å². The Morgan fingerprint density at radius 1 is 1.33 bits per heavy atom. The number of nitrogens with one attached hydrogen (secondary N) is 3. The average molecular weight is 315 g/mol. The Bertz CT molecular complexity index is 496. The van der Waals surface area contributed by atoms with Crippen molar-refractivity contribution in [2.75, 3.05) is 38.7 Å². The molecule has 0 aliphatic carbocycles. The maximum absolute atomic E-state index is 12.0. The van der Waals surface area contributed by atoms with Gasteiger partial charge < -0.3 is 20.7 Å². The molecule has 0 saturated carbocycles. The summed E-state index contributed by atoms with van der Waals surface area (Å²) < 4.78 is 4.80. The van der Waals surface area contributed by atoms with Crippen molar-refractivity contribution in [2.24, 2.45) is 0 Å². The van der Waals surface area contributed by atoms with Gasteiger partial charge in [0.15, 0.2) is 0 Å². The van der Waals surface area contributed by atoms with Crippen molar-refractivity contribution in [3.63, 3.8) is 0 Å². The summed E-state index contributed by atoms with van der Waals surface area (Å²) in [5.41, 5.74) is 0.0832. The largest absolute Gasteiger partial charge is 0.383 e. The van der Waals surface area contributed by atoms with Gasteiger partial charge in [-0.3, -0.25) is 9.59 Å². The highest BCUT2D eigenvalue weighted by Crippen LogP contribution is 2.16. The van der Waals surface area contributed by atoms with Gasteiger partial charge in [-0.25, -0.2) is 4.98 Å². The summed E-state index contributed by atoms with van der Waals surface area (Å²) in [7, 11) is 1.54. The molecule has 0 bridgehead atoms. The second-order valence-corrected chi connectivity index (χ2v) is 4.49. The SMILES string of the molecule is CCNc1ccc(Cl)c(C(=O)NCC(=O)NCCOC)n1. The van der Waals surface area contributed by atoms with Crippen LogP contribution in [0.5, 0.6) is 0 Å². The van der Waals surface area contributed by atoms with E-state index in [0.29, 0.717) is 25.5 Å². The van der Waals surface area contributed by atoms with Gasteiger partial charge in [0.25, 0.3) is 5.91 Å². The number of pyridine rings is 1. The highest BCUT2D eigenvalue weighted by atomic mass is 35.5. The molecule has 7 nitrogen and oxygen atoms in total. The fraction of sp³-hybridized carbons (Fsp3) is 0.462. The van der Waals surface area contributed by atoms with Gasteiger partial charge in [-0.2, -0.15) is 0 Å². The van der Waals surface area contributed by atoms with Crippen molar-refractivity contribution in [3.05, 3.63) is 22.8 Å². The molecule has 1 aromatic rings. The van der Waals surface area contributed by atoms with E-state index in [1.807, 2.05) is 6.92 Å². The molecule has 1 aromatic heterocycles. The van der Waals surface area contributed by atoms with E-state index in [9.17, 15) is 9.59 Å². The van der Waals surface area contributed by atoms with Crippen molar-refractivity contribution in [1.82, 2.24) is 15.6 Å². The number of amides is 2. The molecule has 0 spiro atoms. The van der Waals surface area contributed by atoms with E-state index in [1.165, 1.54) is 0 Å². The van der Waals surface area contributed by atoms with Gasteiger partial charge in [-0.1, -0.05) is 11.6 Å². The third-order valence-corrected chi connectivity index (χ3v) is 2.76. The summed E-state index contributed by atoms with van der Waals surface area (Å²) in [6.07, 6.45) is 0. The maximum atomic E-state index is 12.0. The molecule has 2 amide bonds. The summed E-state index contributed by atoms with van der Waals surface area (Å²) in [5.74, 6) is -0.252. The second-order valence-electron chi connectivity index (χ2n) is 4.08. The Balaban J connectivity index is 2.55. The first-order valence-electron chi connectivity index (χ1n) is 6.52. The number of hydrogen-bond donors (Lipinski definition) is 3. The highest BCUT2D eigenvalue weighted by Gasteiger charge is 2.14. The van der Waals surface area contributed by atoms with Gasteiger partial charge >= 0.3 is 0 Å². The van der Waals surface area contributed by atoms with Crippen LogP contribution in [0.1, 0.15) is 17.4 Å². The zero-order chi connectivity index (χ0) is 15.7. The van der Waals surface area contributed by atoms with Gasteiger partial charge in [0.1, 0.15) is 11.5 Å². The van der Waals surface area contributed by atoms with Crippen molar-refractivity contribution in [2.45, 2.75) is 6.92 Å². The molecule has 0 fully saturated rings. The van der Waals surface area contributed by atoms with Crippen LogP contribution in [-0.4, -0.2) is 50.1 Å². The first kappa shape index (κ1) is 17.2. The molecule has 8 heteroatoms. The molecule has 3 N–H and O–H groups in total. The normalized spacial score (nSPS) is 10.0. The number of carbonyl (C=O) groups is 2. The molecular weight excluding hydrogens is 296 g/mol. The summed E-state index contributed by atoms with van der Waals surface area (Å²) in [5, 5.41) is 8.28. The summed E-state index contributed by atoms with van der Waals surface area (Å²) in [6.45, 7) is 3.25. The van der Waals surface area contributed by atoms with Crippen molar-refractivity contribution in [1.29, 1.82) is 0 Å². The van der Waals surface area contributed by atoms with Crippen LogP contribution in [0.2, 0.25) is 5.02 Å². The number of aromatic nitrogens is 1. The summed E-state index contributed by atoms with van der Waals surface area (Å²) in [4.78, 5) is 27.5. The Hall–Kier alpha value is -1.86. The van der Waals surface area contributed by atoms with E-state index in [2.05, 4.69) is 20.9 Å². The van der Waals surface area contributed by atoms with Crippen LogP contribution in [0.3, 0.4) is 0 Å². The van der Waals surface area contributed by atoms with Gasteiger partial charge in [-0.15, -0.1) is 0 Å². The standard InChI is InChI=1S/C13H19ClN4O3/c1-3-15-10-5-4-9(14)12(18-10)13(20)17-8-11(19)16-6-7-21-2/h4-5H,3,6-8H2,1-2H3,(H,15,18)(H,16,19)(H,17,20). The number of halogens is 1. The fourth-order valence-electron chi connectivity index (χ4n) is 1.48. The minimum absolute atomic E-state index is 0.0832. The summed E-state index contributed by atoms with van der Waals surface area (Å²) in [6, 6.07) is 3.26. The Morgan fingerprint density at radius 3 is 2.76 bits per heavy atom. The number of carbonyl (C=O) groups excluding carboxylic acids is 2. The lowest BCUT2D eigenvalue weighted by Crippen LogP contribution is -2.38. The number of nitrogens with zero attached hydrogens (tertiary/aromatic N) is 1. The van der Waals surface area contributed by atoms with Crippen molar-refractivity contribution >= 4 is 29.2 Å². The molecule has 1 heterocycles. The van der Waals surface area contributed by atoms with E-state index in [-0.39, 0.29) is 23.2 Å². The average Bonchev–Trinajstić information content (AvgIpc) is 2.47. The number of methoxy groups -OCH3 is 1. The van der Waals surface area contributed by atoms with E-state index in [4.69, 9.17) is 16.3 Å². The number of ether oxygens (including phenoxy) is 1. The Kier molecular flexibility index (Phi) is 7.49. The predicted octanol–water partition coefficient (Wildman–Crippen LogP) is 0.659. The third-order valence-electron chi connectivity index (χ3n) is 2.46. The van der Waals surface area contributed by atoms with E-state index in [1.54, 1.807) is 19.2 Å². The van der Waals surface area contributed by atoms with E-state index < -0.39 is 5.91 Å². The monoisotopic (exact) mass is 314 g/mol. The zero-order valence-corrected chi connectivity index (χ0v) is 12.8. The Morgan fingerprint density at radius 2 is 2.10 bits per heavy atom. The highest BCUT2D eigenvalue weighted by molar-refractivity contribution is 6.33. The van der Waals surface area contributed by atoms with Gasteiger partial charge in [0.2, 0.25) is 5.91 Å². The number of hydrogen-bond acceptors (Lipinski definition) is 5. The molecule has 0 aliphatic heterocycles. The molecule has 1 rings (SSSR count). The molecule has 0 saturated heterocycles. The molecule has 116 valence electrons. The van der Waals surface area contributed by atoms with Gasteiger partial charge in [-0.05, 0) is 19.1 Å². The lowest BCUT2D eigenvalue weighted by molar-refractivity contribution is -0.120. The van der Waals surface area contributed by atoms with Crippen LogP contribution in [0.15, 0.2) is 12.1 Å². The van der Waals surface area contributed by atoms with Crippen LogP contribution >= 0.6 is 11.6 Å². The van der Waals surface area contributed by atoms with E-state index in [0.717, 1.165) is 0 Å². The number of anilines is 1. The molecule has 0 atom stereocenters. The van der Waals surface area contributed by atoms with Crippen molar-refractivity contribution < 1.29 is 14.3 Å². The zero-order valence-electron chi connectivity index (χ0n) is 12.0. The first-order valence-corrected chi connectivity index (χ1v) is 6.90. The van der Waals surface area contributed by atoms with E-state index >= 15 is 0 Å². The van der Waals surface area contributed by atoms with Crippen LogP contribution in [0.4, 0.5) is 5.82 Å². The summed E-state index contributed by atoms with van der Waals surface area (Å²) >= 11 is 5.94. The smallest absolute Gasteiger partial charge is 0.271 e. The van der Waals surface area contributed by atoms with Gasteiger partial charge in [0, 0.05) is 20.2 Å². The molecule has 0 aliphatic rings. The topological polar surface area (TPSA) is 92.4 Å². The molecule has 21 heavy (non-hydrogen) atoms. The lowest BCUT2D eigenvalue weighted by Gasteiger charge is -2.09. The minimum atomic E-state index is -0.498. The van der Waals surface area contributed by atoms with Gasteiger partial charge in [0.05, 0.1) is 18.2 Å².